The van der Waals surface area contributed by atoms with E-state index in [4.69, 9.17) is 4.74 Å². The molecule has 0 unspecified atom stereocenters. The average Bonchev–Trinajstić information content (AvgIpc) is 3.21. The summed E-state index contributed by atoms with van der Waals surface area (Å²) in [5, 5.41) is 0.405. The topological polar surface area (TPSA) is 89.5 Å². The van der Waals surface area contributed by atoms with Crippen molar-refractivity contribution in [3.05, 3.63) is 78.6 Å². The van der Waals surface area contributed by atoms with Gasteiger partial charge in [0.25, 0.3) is 0 Å². The van der Waals surface area contributed by atoms with Gasteiger partial charge in [0.1, 0.15) is 11.5 Å². The highest BCUT2D eigenvalue weighted by Gasteiger charge is 2.27. The van der Waals surface area contributed by atoms with E-state index in [1.165, 1.54) is 28.4 Å². The second kappa shape index (κ2) is 8.83. The molecule has 158 valence electrons. The molecule has 2 aromatic heterocycles. The summed E-state index contributed by atoms with van der Waals surface area (Å²) >= 11 is 1.30. The third-order valence-corrected chi connectivity index (χ3v) is 7.24. The van der Waals surface area contributed by atoms with Crippen LogP contribution in [0.3, 0.4) is 0 Å². The first-order valence-corrected chi connectivity index (χ1v) is 11.9. The Morgan fingerprint density at radius 2 is 1.84 bits per heavy atom. The van der Waals surface area contributed by atoms with Crippen LogP contribution < -0.4 is 9.64 Å². The SMILES string of the molecule is COc1ccc2nc(N(Cc3ccccn3)C(=O)CS(=O)(=O)c3ccccc3)sc2c1. The van der Waals surface area contributed by atoms with E-state index in [9.17, 15) is 13.2 Å². The van der Waals surface area contributed by atoms with Crippen molar-refractivity contribution in [2.45, 2.75) is 11.4 Å². The number of amides is 1. The molecule has 0 spiro atoms. The molecule has 0 aliphatic heterocycles. The van der Waals surface area contributed by atoms with Gasteiger partial charge in [-0.15, -0.1) is 0 Å². The Hall–Kier alpha value is -3.30. The molecule has 0 bridgehead atoms. The number of benzene rings is 2. The lowest BCUT2D eigenvalue weighted by atomic mass is 10.3. The van der Waals surface area contributed by atoms with Crippen molar-refractivity contribution in [3.8, 4) is 5.75 Å². The number of nitrogens with zero attached hydrogens (tertiary/aromatic N) is 3. The van der Waals surface area contributed by atoms with Crippen molar-refractivity contribution in [3.63, 3.8) is 0 Å². The third-order valence-electron chi connectivity index (χ3n) is 4.58. The standard InChI is InChI=1S/C22H19N3O4S2/c1-29-17-10-11-19-20(13-17)30-22(24-19)25(14-16-7-5-6-12-23-16)21(26)15-31(27,28)18-8-3-2-4-9-18/h2-13H,14-15H2,1H3. The van der Waals surface area contributed by atoms with E-state index in [0.29, 0.717) is 22.1 Å². The van der Waals surface area contributed by atoms with Crippen LogP contribution in [0.15, 0.2) is 77.8 Å². The first kappa shape index (κ1) is 21.0. The minimum Gasteiger partial charge on any atom is -0.497 e. The van der Waals surface area contributed by atoms with Crippen molar-refractivity contribution in [2.75, 3.05) is 17.8 Å². The van der Waals surface area contributed by atoms with E-state index in [1.54, 1.807) is 55.8 Å². The summed E-state index contributed by atoms with van der Waals surface area (Å²) in [6, 6.07) is 18.7. The van der Waals surface area contributed by atoms with Gasteiger partial charge in [-0.1, -0.05) is 35.6 Å². The number of sulfone groups is 1. The van der Waals surface area contributed by atoms with Crippen molar-refractivity contribution < 1.29 is 17.9 Å². The number of hydrogen-bond donors (Lipinski definition) is 0. The summed E-state index contributed by atoms with van der Waals surface area (Å²) in [6.07, 6.45) is 1.63. The number of aromatic nitrogens is 2. The Kier molecular flexibility index (Phi) is 5.97. The molecule has 4 rings (SSSR count). The lowest BCUT2D eigenvalue weighted by Gasteiger charge is -2.19. The predicted octanol–water partition coefficient (Wildman–Crippen LogP) is 3.71. The van der Waals surface area contributed by atoms with Gasteiger partial charge < -0.3 is 4.74 Å². The van der Waals surface area contributed by atoms with Crippen molar-refractivity contribution in [1.82, 2.24) is 9.97 Å². The Labute approximate surface area is 183 Å². The minimum absolute atomic E-state index is 0.107. The van der Waals surface area contributed by atoms with Crippen molar-refractivity contribution in [1.29, 1.82) is 0 Å². The van der Waals surface area contributed by atoms with E-state index >= 15 is 0 Å². The number of anilines is 1. The molecule has 0 fully saturated rings. The van der Waals surface area contributed by atoms with E-state index in [-0.39, 0.29) is 11.4 Å². The van der Waals surface area contributed by atoms with Gasteiger partial charge in [0.05, 0.1) is 34.5 Å². The minimum atomic E-state index is -3.80. The summed E-state index contributed by atoms with van der Waals surface area (Å²) < 4.78 is 31.7. The van der Waals surface area contributed by atoms with Gasteiger partial charge in [0, 0.05) is 6.20 Å². The summed E-state index contributed by atoms with van der Waals surface area (Å²) in [6.45, 7) is 0.112. The zero-order valence-electron chi connectivity index (χ0n) is 16.6. The Balaban J connectivity index is 1.70. The number of carbonyl (C=O) groups excluding carboxylic acids is 1. The van der Waals surface area contributed by atoms with E-state index < -0.39 is 21.5 Å². The maximum Gasteiger partial charge on any atom is 0.244 e. The molecule has 4 aromatic rings. The molecule has 9 heteroatoms. The molecule has 0 N–H and O–H groups in total. The van der Waals surface area contributed by atoms with Crippen LogP contribution in [-0.2, 0) is 21.2 Å². The second-order valence-electron chi connectivity index (χ2n) is 6.70. The number of methoxy groups -OCH3 is 1. The molecular weight excluding hydrogens is 434 g/mol. The molecule has 1 amide bonds. The Morgan fingerprint density at radius 3 is 2.55 bits per heavy atom. The summed E-state index contributed by atoms with van der Waals surface area (Å²) in [4.78, 5) is 23.5. The molecule has 31 heavy (non-hydrogen) atoms. The Morgan fingerprint density at radius 1 is 1.06 bits per heavy atom. The molecule has 2 aromatic carbocycles. The summed E-state index contributed by atoms with van der Waals surface area (Å²) in [7, 11) is -2.22. The van der Waals surface area contributed by atoms with E-state index in [0.717, 1.165) is 4.70 Å². The highest BCUT2D eigenvalue weighted by Crippen LogP contribution is 2.32. The number of rotatable bonds is 7. The van der Waals surface area contributed by atoms with Crippen LogP contribution in [0.1, 0.15) is 5.69 Å². The molecule has 7 nitrogen and oxygen atoms in total. The van der Waals surface area contributed by atoms with Gasteiger partial charge in [-0.25, -0.2) is 13.4 Å². The number of carbonyl (C=O) groups is 1. The number of hydrogen-bond acceptors (Lipinski definition) is 7. The van der Waals surface area contributed by atoms with Crippen LogP contribution in [0.2, 0.25) is 0 Å². The largest absolute Gasteiger partial charge is 0.497 e. The monoisotopic (exact) mass is 453 g/mol. The Bertz CT molecular complexity index is 1310. The van der Waals surface area contributed by atoms with Crippen molar-refractivity contribution in [2.24, 2.45) is 0 Å². The molecule has 0 atom stereocenters. The molecule has 0 aliphatic carbocycles. The zero-order valence-corrected chi connectivity index (χ0v) is 18.3. The van der Waals surface area contributed by atoms with Gasteiger partial charge in [-0.3, -0.25) is 14.7 Å². The van der Waals surface area contributed by atoms with Crippen LogP contribution >= 0.6 is 11.3 Å². The lowest BCUT2D eigenvalue weighted by molar-refractivity contribution is -0.116. The molecular formula is C22H19N3O4S2. The van der Waals surface area contributed by atoms with Gasteiger partial charge in [0.2, 0.25) is 5.91 Å². The third kappa shape index (κ3) is 4.73. The highest BCUT2D eigenvalue weighted by atomic mass is 32.2. The van der Waals surface area contributed by atoms with Crippen LogP contribution in [-0.4, -0.2) is 37.2 Å². The molecule has 0 saturated carbocycles. The summed E-state index contributed by atoms with van der Waals surface area (Å²) in [5.41, 5.74) is 1.33. The maximum atomic E-state index is 13.2. The average molecular weight is 454 g/mol. The quantitative estimate of drug-likeness (QED) is 0.424. The number of fused-ring (bicyclic) bond motifs is 1. The molecule has 0 radical (unpaired) electrons. The lowest BCUT2D eigenvalue weighted by Crippen LogP contribution is -2.35. The van der Waals surface area contributed by atoms with Crippen molar-refractivity contribution >= 4 is 42.4 Å². The summed E-state index contributed by atoms with van der Waals surface area (Å²) in [5.74, 6) is -0.555. The van der Waals surface area contributed by atoms with Gasteiger partial charge in [-0.05, 0) is 42.5 Å². The molecule has 0 aliphatic rings. The zero-order chi connectivity index (χ0) is 21.8. The number of pyridine rings is 1. The number of thiazole rings is 1. The van der Waals surface area contributed by atoms with E-state index in [2.05, 4.69) is 9.97 Å². The smallest absolute Gasteiger partial charge is 0.244 e. The van der Waals surface area contributed by atoms with E-state index in [1.807, 2.05) is 12.1 Å². The normalized spacial score (nSPS) is 11.4. The van der Waals surface area contributed by atoms with Crippen LogP contribution in [0.5, 0.6) is 5.75 Å². The predicted molar refractivity (Wildman–Crippen MR) is 120 cm³/mol. The fraction of sp³-hybridized carbons (Fsp3) is 0.136. The van der Waals surface area contributed by atoms with Gasteiger partial charge in [0.15, 0.2) is 15.0 Å². The van der Waals surface area contributed by atoms with Crippen LogP contribution in [0, 0.1) is 0 Å². The van der Waals surface area contributed by atoms with Crippen LogP contribution in [0.4, 0.5) is 5.13 Å². The van der Waals surface area contributed by atoms with Gasteiger partial charge >= 0.3 is 0 Å². The maximum absolute atomic E-state index is 13.2. The first-order chi connectivity index (χ1) is 15.0. The fourth-order valence-electron chi connectivity index (χ4n) is 3.00. The highest BCUT2D eigenvalue weighted by molar-refractivity contribution is 7.92. The second-order valence-corrected chi connectivity index (χ2v) is 9.70. The molecule has 0 saturated heterocycles. The fourth-order valence-corrected chi connectivity index (χ4v) is 5.23. The van der Waals surface area contributed by atoms with Crippen LogP contribution in [0.25, 0.3) is 10.2 Å². The first-order valence-electron chi connectivity index (χ1n) is 9.39. The van der Waals surface area contributed by atoms with Gasteiger partial charge in [-0.2, -0.15) is 0 Å². The number of ether oxygens (including phenoxy) is 1. The molecule has 2 heterocycles.